The van der Waals surface area contributed by atoms with E-state index in [1.54, 1.807) is 6.07 Å². The number of hydrogen-bond donors (Lipinski definition) is 2. The number of carboxylic acids is 1. The van der Waals surface area contributed by atoms with Crippen molar-refractivity contribution in [1.29, 1.82) is 0 Å². The molecule has 2 rings (SSSR count). The first-order chi connectivity index (χ1) is 8.56. The molecule has 4 nitrogen and oxygen atoms in total. The summed E-state index contributed by atoms with van der Waals surface area (Å²) >= 11 is 0. The molecule has 98 valence electrons. The lowest BCUT2D eigenvalue weighted by molar-refractivity contribution is 0.0698. The molecule has 0 spiro atoms. The highest BCUT2D eigenvalue weighted by Gasteiger charge is 2.19. The molecule has 1 unspecified atom stereocenters. The molecule has 1 heterocycles. The highest BCUT2D eigenvalue weighted by Crippen LogP contribution is 2.21. The number of benzene rings is 1. The maximum Gasteiger partial charge on any atom is 0.337 e. The van der Waals surface area contributed by atoms with E-state index in [9.17, 15) is 9.90 Å². The van der Waals surface area contributed by atoms with E-state index in [4.69, 9.17) is 0 Å². The van der Waals surface area contributed by atoms with E-state index in [-0.39, 0.29) is 0 Å². The predicted molar refractivity (Wildman–Crippen MR) is 72.3 cm³/mol. The third-order valence-electron chi connectivity index (χ3n) is 3.39. The van der Waals surface area contributed by atoms with Crippen LogP contribution in [0.1, 0.15) is 28.8 Å². The van der Waals surface area contributed by atoms with Gasteiger partial charge in [-0.25, -0.2) is 4.79 Å². The normalized spacial score (nSPS) is 20.7. The molecule has 1 atom stereocenters. The van der Waals surface area contributed by atoms with E-state index in [1.165, 1.54) is 0 Å². The molecular weight excluding hydrogens is 228 g/mol. The van der Waals surface area contributed by atoms with E-state index in [2.05, 4.69) is 17.3 Å². The zero-order valence-electron chi connectivity index (χ0n) is 10.9. The smallest absolute Gasteiger partial charge is 0.337 e. The van der Waals surface area contributed by atoms with Crippen molar-refractivity contribution in [2.75, 3.05) is 25.5 Å². The summed E-state index contributed by atoms with van der Waals surface area (Å²) in [5, 5.41) is 12.6. The minimum atomic E-state index is -0.873. The molecular formula is C14H20N2O2. The van der Waals surface area contributed by atoms with Crippen LogP contribution >= 0.6 is 0 Å². The summed E-state index contributed by atoms with van der Waals surface area (Å²) < 4.78 is 0. The van der Waals surface area contributed by atoms with Gasteiger partial charge in [0.15, 0.2) is 0 Å². The molecule has 1 aromatic rings. The Kier molecular flexibility index (Phi) is 3.87. The topological polar surface area (TPSA) is 52.6 Å². The largest absolute Gasteiger partial charge is 0.478 e. The number of hydrogen-bond acceptors (Lipinski definition) is 3. The van der Waals surface area contributed by atoms with E-state index in [1.807, 2.05) is 19.1 Å². The van der Waals surface area contributed by atoms with Gasteiger partial charge in [0.25, 0.3) is 0 Å². The molecule has 0 aliphatic carbocycles. The summed E-state index contributed by atoms with van der Waals surface area (Å²) in [4.78, 5) is 13.5. The summed E-state index contributed by atoms with van der Waals surface area (Å²) in [6, 6.07) is 5.76. The zero-order valence-corrected chi connectivity index (χ0v) is 10.9. The first kappa shape index (κ1) is 12.9. The zero-order chi connectivity index (χ0) is 13.1. The van der Waals surface area contributed by atoms with Crippen LogP contribution in [-0.2, 0) is 0 Å². The van der Waals surface area contributed by atoms with Crippen molar-refractivity contribution in [1.82, 2.24) is 4.90 Å². The third-order valence-corrected chi connectivity index (χ3v) is 3.39. The van der Waals surface area contributed by atoms with Crippen LogP contribution < -0.4 is 5.32 Å². The van der Waals surface area contributed by atoms with Crippen LogP contribution in [0.5, 0.6) is 0 Å². The fraction of sp³-hybridized carbons (Fsp3) is 0.500. The second kappa shape index (κ2) is 5.40. The lowest BCUT2D eigenvalue weighted by atomic mass is 10.0. The van der Waals surface area contributed by atoms with Crippen molar-refractivity contribution < 1.29 is 9.90 Å². The fourth-order valence-corrected chi connectivity index (χ4v) is 2.47. The molecule has 0 saturated carbocycles. The Bertz CT molecular complexity index is 445. The molecule has 2 N–H and O–H groups in total. The molecule has 0 amide bonds. The molecule has 1 aliphatic heterocycles. The summed E-state index contributed by atoms with van der Waals surface area (Å²) in [6.45, 7) is 4.06. The minimum absolute atomic E-state index is 0.337. The quantitative estimate of drug-likeness (QED) is 0.861. The maximum absolute atomic E-state index is 11.2. The van der Waals surface area contributed by atoms with Crippen LogP contribution in [0.3, 0.4) is 0 Å². The summed E-state index contributed by atoms with van der Waals surface area (Å²) in [5.41, 5.74) is 2.17. The highest BCUT2D eigenvalue weighted by molar-refractivity contribution is 5.94. The van der Waals surface area contributed by atoms with E-state index in [0.29, 0.717) is 11.6 Å². The van der Waals surface area contributed by atoms with Gasteiger partial charge in [0.05, 0.1) is 5.56 Å². The number of likely N-dealkylation sites (tertiary alicyclic amines) is 1. The Morgan fingerprint density at radius 1 is 1.50 bits per heavy atom. The molecule has 18 heavy (non-hydrogen) atoms. The number of likely N-dealkylation sites (N-methyl/N-ethyl adjacent to an activating group) is 1. The summed E-state index contributed by atoms with van der Waals surface area (Å²) in [6.07, 6.45) is 2.25. The van der Waals surface area contributed by atoms with Crippen LogP contribution in [-0.4, -0.2) is 42.2 Å². The van der Waals surface area contributed by atoms with Crippen LogP contribution in [0, 0.1) is 6.92 Å². The molecule has 1 aromatic carbocycles. The standard InChI is InChI=1S/C14H20N2O2/c1-10-5-6-12(14(17)18)13(8-10)15-11-4-3-7-16(2)9-11/h5-6,8,11,15H,3-4,7,9H2,1-2H3,(H,17,18). The predicted octanol–water partition coefficient (Wildman–Crippen LogP) is 2.20. The van der Waals surface area contributed by atoms with Crippen molar-refractivity contribution in [2.24, 2.45) is 0 Å². The Labute approximate surface area is 108 Å². The van der Waals surface area contributed by atoms with Gasteiger partial charge in [-0.05, 0) is 51.1 Å². The Balaban J connectivity index is 2.16. The number of nitrogens with zero attached hydrogens (tertiary/aromatic N) is 1. The molecule has 4 heteroatoms. The van der Waals surface area contributed by atoms with Crippen LogP contribution in [0.2, 0.25) is 0 Å². The lowest BCUT2D eigenvalue weighted by Crippen LogP contribution is -2.40. The van der Waals surface area contributed by atoms with Crippen LogP contribution in [0.15, 0.2) is 18.2 Å². The lowest BCUT2D eigenvalue weighted by Gasteiger charge is -2.31. The van der Waals surface area contributed by atoms with Gasteiger partial charge in [-0.1, -0.05) is 6.07 Å². The molecule has 0 bridgehead atoms. The van der Waals surface area contributed by atoms with E-state index >= 15 is 0 Å². The number of aromatic carboxylic acids is 1. The maximum atomic E-state index is 11.2. The van der Waals surface area contributed by atoms with Crippen LogP contribution in [0.25, 0.3) is 0 Å². The van der Waals surface area contributed by atoms with Crippen molar-refractivity contribution in [2.45, 2.75) is 25.8 Å². The summed E-state index contributed by atoms with van der Waals surface area (Å²) in [5.74, 6) is -0.873. The number of anilines is 1. The van der Waals surface area contributed by atoms with Crippen LogP contribution in [0.4, 0.5) is 5.69 Å². The van der Waals surface area contributed by atoms with E-state index in [0.717, 1.165) is 37.2 Å². The first-order valence-corrected chi connectivity index (χ1v) is 6.35. The number of aryl methyl sites for hydroxylation is 1. The second-order valence-corrected chi connectivity index (χ2v) is 5.10. The molecule has 1 saturated heterocycles. The van der Waals surface area contributed by atoms with Gasteiger partial charge in [-0.3, -0.25) is 0 Å². The van der Waals surface area contributed by atoms with Crippen molar-refractivity contribution in [3.63, 3.8) is 0 Å². The monoisotopic (exact) mass is 248 g/mol. The average Bonchev–Trinajstić information content (AvgIpc) is 2.28. The Hall–Kier alpha value is -1.55. The molecule has 0 aromatic heterocycles. The van der Waals surface area contributed by atoms with Crippen molar-refractivity contribution in [3.8, 4) is 0 Å². The van der Waals surface area contributed by atoms with Gasteiger partial charge in [0.1, 0.15) is 0 Å². The number of piperidine rings is 1. The van der Waals surface area contributed by atoms with E-state index < -0.39 is 5.97 Å². The minimum Gasteiger partial charge on any atom is -0.478 e. The molecule has 1 aliphatic rings. The Morgan fingerprint density at radius 2 is 2.28 bits per heavy atom. The van der Waals surface area contributed by atoms with Gasteiger partial charge in [-0.15, -0.1) is 0 Å². The average molecular weight is 248 g/mol. The van der Waals surface area contributed by atoms with Gasteiger partial charge >= 0.3 is 5.97 Å². The highest BCUT2D eigenvalue weighted by atomic mass is 16.4. The second-order valence-electron chi connectivity index (χ2n) is 5.10. The number of carboxylic acid groups (broad SMARTS) is 1. The van der Waals surface area contributed by atoms with Gasteiger partial charge in [-0.2, -0.15) is 0 Å². The number of carbonyl (C=O) groups is 1. The van der Waals surface area contributed by atoms with Crippen molar-refractivity contribution in [3.05, 3.63) is 29.3 Å². The summed E-state index contributed by atoms with van der Waals surface area (Å²) in [7, 11) is 2.10. The van der Waals surface area contributed by atoms with Gasteiger partial charge in [0.2, 0.25) is 0 Å². The number of nitrogens with one attached hydrogen (secondary N) is 1. The van der Waals surface area contributed by atoms with Gasteiger partial charge < -0.3 is 15.3 Å². The third kappa shape index (κ3) is 3.01. The first-order valence-electron chi connectivity index (χ1n) is 6.35. The fourth-order valence-electron chi connectivity index (χ4n) is 2.47. The number of rotatable bonds is 3. The van der Waals surface area contributed by atoms with Gasteiger partial charge in [0, 0.05) is 18.3 Å². The molecule has 1 fully saturated rings. The Morgan fingerprint density at radius 3 is 2.94 bits per heavy atom. The molecule has 0 radical (unpaired) electrons. The SMILES string of the molecule is Cc1ccc(C(=O)O)c(NC2CCCN(C)C2)c1. The van der Waals surface area contributed by atoms with Crippen molar-refractivity contribution >= 4 is 11.7 Å².